The molecular formula is C8H12N2O2. The number of allylic oxidation sites excluding steroid dienone is 2. The average molecular weight is 168 g/mol. The largest absolute Gasteiger partial charge is 0.330 e. The molecule has 0 bridgehead atoms. The fourth-order valence-corrected chi connectivity index (χ4v) is 1.05. The molecule has 0 spiro atoms. The summed E-state index contributed by atoms with van der Waals surface area (Å²) in [5.41, 5.74) is 5.58. The zero-order valence-corrected chi connectivity index (χ0v) is 6.99. The number of nitrogens with zero attached hydrogens (tertiary/aromatic N) is 1. The van der Waals surface area contributed by atoms with Crippen molar-refractivity contribution in [3.8, 4) is 0 Å². The number of nitro groups is 1. The van der Waals surface area contributed by atoms with Gasteiger partial charge in [0, 0.05) is 18.0 Å². The molecule has 2 N–H and O–H groups in total. The van der Waals surface area contributed by atoms with Crippen molar-refractivity contribution in [1.82, 2.24) is 0 Å². The van der Waals surface area contributed by atoms with Gasteiger partial charge in [-0.15, -0.1) is 0 Å². The lowest BCUT2D eigenvalue weighted by Gasteiger charge is -2.23. The van der Waals surface area contributed by atoms with E-state index in [1.807, 2.05) is 13.0 Å². The van der Waals surface area contributed by atoms with Gasteiger partial charge in [0.2, 0.25) is 0 Å². The maximum atomic E-state index is 10.3. The number of rotatable bonds is 2. The van der Waals surface area contributed by atoms with Gasteiger partial charge < -0.3 is 5.73 Å². The van der Waals surface area contributed by atoms with Crippen LogP contribution in [0.3, 0.4) is 0 Å². The maximum Gasteiger partial charge on any atom is 0.265 e. The summed E-state index contributed by atoms with van der Waals surface area (Å²) < 4.78 is 0. The van der Waals surface area contributed by atoms with Crippen molar-refractivity contribution in [2.45, 2.75) is 13.3 Å². The second kappa shape index (κ2) is 3.06. The van der Waals surface area contributed by atoms with Gasteiger partial charge in [0.15, 0.2) is 0 Å². The Morgan fingerprint density at radius 2 is 2.50 bits per heavy atom. The smallest absolute Gasteiger partial charge is 0.265 e. The highest BCUT2D eigenvalue weighted by atomic mass is 16.6. The summed E-state index contributed by atoms with van der Waals surface area (Å²) in [5.74, 6) is 0. The SMILES string of the molecule is CC1(CN)C=CC([N+](=O)[O-])=CC1. The van der Waals surface area contributed by atoms with E-state index in [9.17, 15) is 10.1 Å². The summed E-state index contributed by atoms with van der Waals surface area (Å²) in [6.45, 7) is 2.50. The molecule has 0 radical (unpaired) electrons. The van der Waals surface area contributed by atoms with E-state index in [0.29, 0.717) is 13.0 Å². The molecule has 0 fully saturated rings. The van der Waals surface area contributed by atoms with Crippen LogP contribution >= 0.6 is 0 Å². The van der Waals surface area contributed by atoms with E-state index in [-0.39, 0.29) is 16.0 Å². The standard InChI is InChI=1S/C8H12N2O2/c1-8(6-9)4-2-7(3-5-8)10(11)12/h2-4H,5-6,9H2,1H3. The molecule has 66 valence electrons. The van der Waals surface area contributed by atoms with Crippen LogP contribution in [0.2, 0.25) is 0 Å². The van der Waals surface area contributed by atoms with Crippen molar-refractivity contribution in [2.24, 2.45) is 11.1 Å². The number of hydrogen-bond donors (Lipinski definition) is 1. The minimum Gasteiger partial charge on any atom is -0.330 e. The molecule has 0 aromatic rings. The minimum atomic E-state index is -0.382. The highest BCUT2D eigenvalue weighted by Crippen LogP contribution is 2.27. The molecule has 0 amide bonds. The van der Waals surface area contributed by atoms with Crippen LogP contribution in [0.15, 0.2) is 23.9 Å². The van der Waals surface area contributed by atoms with E-state index in [0.717, 1.165) is 0 Å². The molecule has 4 heteroatoms. The van der Waals surface area contributed by atoms with Gasteiger partial charge in [-0.3, -0.25) is 10.1 Å². The summed E-state index contributed by atoms with van der Waals surface area (Å²) in [5, 5.41) is 10.3. The maximum absolute atomic E-state index is 10.3. The van der Waals surface area contributed by atoms with Crippen LogP contribution in [0.4, 0.5) is 0 Å². The summed E-state index contributed by atoms with van der Waals surface area (Å²) >= 11 is 0. The molecule has 0 aromatic heterocycles. The molecule has 1 unspecified atom stereocenters. The lowest BCUT2D eigenvalue weighted by Crippen LogP contribution is -2.26. The Morgan fingerprint density at radius 3 is 2.83 bits per heavy atom. The normalized spacial score (nSPS) is 28.3. The van der Waals surface area contributed by atoms with Crippen LogP contribution in [-0.4, -0.2) is 11.5 Å². The van der Waals surface area contributed by atoms with Crippen molar-refractivity contribution in [3.05, 3.63) is 34.0 Å². The van der Waals surface area contributed by atoms with Crippen molar-refractivity contribution < 1.29 is 4.92 Å². The molecule has 0 saturated heterocycles. The Morgan fingerprint density at radius 1 is 1.83 bits per heavy atom. The van der Waals surface area contributed by atoms with Gasteiger partial charge in [-0.25, -0.2) is 0 Å². The van der Waals surface area contributed by atoms with Crippen molar-refractivity contribution >= 4 is 0 Å². The van der Waals surface area contributed by atoms with Crippen LogP contribution in [0, 0.1) is 15.5 Å². The molecule has 12 heavy (non-hydrogen) atoms. The van der Waals surface area contributed by atoms with Gasteiger partial charge in [0.25, 0.3) is 5.70 Å². The molecular weight excluding hydrogens is 156 g/mol. The fourth-order valence-electron chi connectivity index (χ4n) is 1.05. The fraction of sp³-hybridized carbons (Fsp3) is 0.500. The average Bonchev–Trinajstić information content (AvgIpc) is 2.05. The summed E-state index contributed by atoms with van der Waals surface area (Å²) in [6.07, 6.45) is 5.60. The molecule has 1 rings (SSSR count). The van der Waals surface area contributed by atoms with E-state index in [1.165, 1.54) is 6.08 Å². The first-order valence-corrected chi connectivity index (χ1v) is 3.81. The van der Waals surface area contributed by atoms with Crippen LogP contribution < -0.4 is 5.73 Å². The van der Waals surface area contributed by atoms with Gasteiger partial charge in [0.05, 0.1) is 4.92 Å². The Balaban J connectivity index is 2.74. The molecule has 1 aliphatic rings. The Hall–Kier alpha value is -1.16. The van der Waals surface area contributed by atoms with Gasteiger partial charge >= 0.3 is 0 Å². The number of hydrogen-bond acceptors (Lipinski definition) is 3. The van der Waals surface area contributed by atoms with Crippen LogP contribution in [0.1, 0.15) is 13.3 Å². The second-order valence-electron chi connectivity index (χ2n) is 3.28. The van der Waals surface area contributed by atoms with Crippen LogP contribution in [0.5, 0.6) is 0 Å². The van der Waals surface area contributed by atoms with E-state index in [2.05, 4.69) is 0 Å². The molecule has 0 aliphatic heterocycles. The van der Waals surface area contributed by atoms with Gasteiger partial charge in [-0.05, 0) is 12.5 Å². The molecule has 0 aromatic carbocycles. The van der Waals surface area contributed by atoms with Gasteiger partial charge in [-0.1, -0.05) is 13.0 Å². The summed E-state index contributed by atoms with van der Waals surface area (Å²) in [7, 11) is 0. The van der Waals surface area contributed by atoms with Crippen molar-refractivity contribution in [1.29, 1.82) is 0 Å². The third-order valence-corrected chi connectivity index (χ3v) is 2.11. The first-order chi connectivity index (χ1) is 5.57. The highest BCUT2D eigenvalue weighted by molar-refractivity contribution is 5.21. The first kappa shape index (κ1) is 8.93. The predicted octanol–water partition coefficient (Wildman–Crippen LogP) is 1.07. The summed E-state index contributed by atoms with van der Waals surface area (Å²) in [4.78, 5) is 9.93. The van der Waals surface area contributed by atoms with E-state index in [4.69, 9.17) is 5.73 Å². The van der Waals surface area contributed by atoms with E-state index in [1.54, 1.807) is 6.08 Å². The van der Waals surface area contributed by atoms with Gasteiger partial charge in [0.1, 0.15) is 0 Å². The first-order valence-electron chi connectivity index (χ1n) is 3.81. The topological polar surface area (TPSA) is 69.2 Å². The molecule has 0 heterocycles. The zero-order chi connectivity index (χ0) is 9.19. The zero-order valence-electron chi connectivity index (χ0n) is 6.99. The van der Waals surface area contributed by atoms with Crippen molar-refractivity contribution in [3.63, 3.8) is 0 Å². The second-order valence-corrected chi connectivity index (χ2v) is 3.28. The van der Waals surface area contributed by atoms with Crippen LogP contribution in [-0.2, 0) is 0 Å². The van der Waals surface area contributed by atoms with Crippen LogP contribution in [0.25, 0.3) is 0 Å². The number of nitrogens with two attached hydrogens (primary N) is 1. The predicted molar refractivity (Wildman–Crippen MR) is 46.0 cm³/mol. The Bertz CT molecular complexity index is 258. The summed E-state index contributed by atoms with van der Waals surface area (Å²) in [6, 6.07) is 0. The molecule has 1 atom stereocenters. The van der Waals surface area contributed by atoms with E-state index < -0.39 is 0 Å². The Kier molecular flexibility index (Phi) is 2.28. The highest BCUT2D eigenvalue weighted by Gasteiger charge is 2.23. The lowest BCUT2D eigenvalue weighted by atomic mass is 9.83. The van der Waals surface area contributed by atoms with Crippen molar-refractivity contribution in [2.75, 3.05) is 6.54 Å². The molecule has 4 nitrogen and oxygen atoms in total. The molecule has 0 saturated carbocycles. The third kappa shape index (κ3) is 1.71. The van der Waals surface area contributed by atoms with E-state index >= 15 is 0 Å². The molecule has 1 aliphatic carbocycles. The monoisotopic (exact) mass is 168 g/mol. The Labute approximate surface area is 70.9 Å². The minimum absolute atomic E-state index is 0.0977. The quantitative estimate of drug-likeness (QED) is 0.495. The lowest BCUT2D eigenvalue weighted by molar-refractivity contribution is -0.419. The van der Waals surface area contributed by atoms with Gasteiger partial charge in [-0.2, -0.15) is 0 Å². The third-order valence-electron chi connectivity index (χ3n) is 2.11.